The van der Waals surface area contributed by atoms with Crippen LogP contribution in [0.25, 0.3) is 6.08 Å². The number of hydrogen-bond donors (Lipinski definition) is 1. The summed E-state index contributed by atoms with van der Waals surface area (Å²) < 4.78 is 0. The predicted octanol–water partition coefficient (Wildman–Crippen LogP) is 6.69. The van der Waals surface area contributed by atoms with Crippen molar-refractivity contribution >= 4 is 35.0 Å². The zero-order chi connectivity index (χ0) is 22.9. The van der Waals surface area contributed by atoms with Crippen molar-refractivity contribution in [3.63, 3.8) is 0 Å². The van der Waals surface area contributed by atoms with Gasteiger partial charge in [-0.25, -0.2) is 0 Å². The van der Waals surface area contributed by atoms with Gasteiger partial charge in [0.15, 0.2) is 0 Å². The van der Waals surface area contributed by atoms with Crippen LogP contribution in [-0.4, -0.2) is 17.5 Å². The van der Waals surface area contributed by atoms with Crippen molar-refractivity contribution in [1.29, 1.82) is 5.26 Å². The summed E-state index contributed by atoms with van der Waals surface area (Å²) in [7, 11) is 0. The van der Waals surface area contributed by atoms with Gasteiger partial charge in [0.05, 0.1) is 0 Å². The number of anilines is 2. The molecule has 1 amide bonds. The number of fused-ring (bicyclic) bond motifs is 1. The number of nitriles is 1. The van der Waals surface area contributed by atoms with Crippen LogP contribution in [0.3, 0.4) is 0 Å². The minimum atomic E-state index is -0.441. The van der Waals surface area contributed by atoms with Crippen LogP contribution >= 0.6 is 11.6 Å². The van der Waals surface area contributed by atoms with E-state index in [9.17, 15) is 10.1 Å². The van der Waals surface area contributed by atoms with Crippen LogP contribution in [0.15, 0.2) is 42.0 Å². The number of benzene rings is 2. The first-order chi connectivity index (χ1) is 14.5. The lowest BCUT2D eigenvalue weighted by Gasteiger charge is -2.50. The van der Waals surface area contributed by atoms with E-state index in [0.29, 0.717) is 22.7 Å². The van der Waals surface area contributed by atoms with E-state index in [-0.39, 0.29) is 11.1 Å². The van der Waals surface area contributed by atoms with Gasteiger partial charge in [-0.2, -0.15) is 5.26 Å². The first kappa shape index (κ1) is 22.9. The quantitative estimate of drug-likeness (QED) is 0.429. The second-order valence-electron chi connectivity index (χ2n) is 9.28. The van der Waals surface area contributed by atoms with Gasteiger partial charge in [0.1, 0.15) is 11.6 Å². The van der Waals surface area contributed by atoms with Crippen molar-refractivity contribution in [2.24, 2.45) is 0 Å². The van der Waals surface area contributed by atoms with E-state index >= 15 is 0 Å². The molecule has 0 saturated carbocycles. The summed E-state index contributed by atoms with van der Waals surface area (Å²) in [5, 5.41) is 13.0. The van der Waals surface area contributed by atoms with E-state index in [4.69, 9.17) is 11.6 Å². The van der Waals surface area contributed by atoms with Gasteiger partial charge >= 0.3 is 0 Å². The third-order valence-corrected chi connectivity index (χ3v) is 6.18. The van der Waals surface area contributed by atoms with Crippen molar-refractivity contribution in [2.75, 3.05) is 10.2 Å². The molecule has 0 aromatic heterocycles. The molecule has 1 aliphatic rings. The number of nitrogens with one attached hydrogen (secondary N) is 1. The normalized spacial score (nSPS) is 17.8. The Balaban J connectivity index is 1.94. The second kappa shape index (κ2) is 8.77. The van der Waals surface area contributed by atoms with Crippen LogP contribution in [-0.2, 0) is 4.79 Å². The van der Waals surface area contributed by atoms with Crippen LogP contribution in [0.5, 0.6) is 0 Å². The standard InChI is InChI=1S/C26H30ClN3O/c1-16(2)30-24-10-8-19(12-22(24)18(4)14-26(30,5)6)11-20(15-28)25(31)29-23-13-21(27)9-7-17(23)3/h7-13,16,18H,14H2,1-6H3,(H,29,31)/b20-11-. The molecule has 0 spiro atoms. The summed E-state index contributed by atoms with van der Waals surface area (Å²) in [6.45, 7) is 13.1. The zero-order valence-corrected chi connectivity index (χ0v) is 19.8. The van der Waals surface area contributed by atoms with Gasteiger partial charge in [0.2, 0.25) is 0 Å². The van der Waals surface area contributed by atoms with Crippen LogP contribution in [0.1, 0.15) is 63.6 Å². The lowest BCUT2D eigenvalue weighted by Crippen LogP contribution is -2.51. The fourth-order valence-electron chi connectivity index (χ4n) is 4.77. The van der Waals surface area contributed by atoms with Crippen molar-refractivity contribution in [3.8, 4) is 6.07 Å². The Morgan fingerprint density at radius 2 is 2.00 bits per heavy atom. The Morgan fingerprint density at radius 1 is 1.29 bits per heavy atom. The summed E-state index contributed by atoms with van der Waals surface area (Å²) in [5.74, 6) is -0.0506. The molecule has 5 heteroatoms. The highest BCUT2D eigenvalue weighted by atomic mass is 35.5. The Morgan fingerprint density at radius 3 is 2.65 bits per heavy atom. The van der Waals surface area contributed by atoms with Gasteiger partial charge in [-0.1, -0.05) is 30.7 Å². The van der Waals surface area contributed by atoms with Crippen LogP contribution in [0.2, 0.25) is 5.02 Å². The number of hydrogen-bond acceptors (Lipinski definition) is 3. The maximum Gasteiger partial charge on any atom is 0.266 e. The Hall–Kier alpha value is -2.77. The van der Waals surface area contributed by atoms with Gasteiger partial charge in [-0.3, -0.25) is 4.79 Å². The smallest absolute Gasteiger partial charge is 0.266 e. The van der Waals surface area contributed by atoms with E-state index in [2.05, 4.69) is 57.0 Å². The van der Waals surface area contributed by atoms with Crippen LogP contribution in [0.4, 0.5) is 11.4 Å². The average Bonchev–Trinajstić information content (AvgIpc) is 2.68. The zero-order valence-electron chi connectivity index (χ0n) is 19.1. The molecule has 0 fully saturated rings. The van der Waals surface area contributed by atoms with E-state index in [1.807, 2.05) is 25.1 Å². The van der Waals surface area contributed by atoms with Crippen molar-refractivity contribution in [1.82, 2.24) is 0 Å². The summed E-state index contributed by atoms with van der Waals surface area (Å²) in [6, 6.07) is 13.9. The van der Waals surface area contributed by atoms with E-state index in [1.54, 1.807) is 18.2 Å². The number of aryl methyl sites for hydroxylation is 1. The molecular formula is C26H30ClN3O. The van der Waals surface area contributed by atoms with E-state index < -0.39 is 5.91 Å². The molecular weight excluding hydrogens is 406 g/mol. The highest BCUT2D eigenvalue weighted by Crippen LogP contribution is 2.44. The van der Waals surface area contributed by atoms with Gasteiger partial charge < -0.3 is 10.2 Å². The molecule has 4 nitrogen and oxygen atoms in total. The molecule has 31 heavy (non-hydrogen) atoms. The fourth-order valence-corrected chi connectivity index (χ4v) is 4.94. The van der Waals surface area contributed by atoms with E-state index in [1.165, 1.54) is 11.3 Å². The monoisotopic (exact) mass is 435 g/mol. The summed E-state index contributed by atoms with van der Waals surface area (Å²) in [4.78, 5) is 15.2. The number of rotatable bonds is 4. The van der Waals surface area contributed by atoms with Crippen LogP contribution < -0.4 is 10.2 Å². The second-order valence-corrected chi connectivity index (χ2v) is 9.72. The first-order valence-corrected chi connectivity index (χ1v) is 11.0. The summed E-state index contributed by atoms with van der Waals surface area (Å²) in [5.41, 5.74) is 4.96. The predicted molar refractivity (Wildman–Crippen MR) is 130 cm³/mol. The largest absolute Gasteiger partial charge is 0.364 e. The number of halogens is 1. The number of carbonyl (C=O) groups is 1. The number of carbonyl (C=O) groups excluding carboxylic acids is 1. The highest BCUT2D eigenvalue weighted by Gasteiger charge is 2.37. The van der Waals surface area contributed by atoms with E-state index in [0.717, 1.165) is 17.5 Å². The molecule has 0 radical (unpaired) electrons. The SMILES string of the molecule is Cc1ccc(Cl)cc1NC(=O)/C(C#N)=C\c1ccc2c(c1)C(C)CC(C)(C)N2C(C)C. The molecule has 3 rings (SSSR count). The fraction of sp³-hybridized carbons (Fsp3) is 0.385. The number of amides is 1. The molecule has 1 atom stereocenters. The lowest BCUT2D eigenvalue weighted by molar-refractivity contribution is -0.112. The highest BCUT2D eigenvalue weighted by molar-refractivity contribution is 6.31. The Bertz CT molecular complexity index is 1080. The lowest BCUT2D eigenvalue weighted by atomic mass is 9.79. The maximum absolute atomic E-state index is 12.7. The molecule has 1 heterocycles. The minimum Gasteiger partial charge on any atom is -0.364 e. The topological polar surface area (TPSA) is 56.1 Å². The van der Waals surface area contributed by atoms with Gasteiger partial charge in [0.25, 0.3) is 5.91 Å². The van der Waals surface area contributed by atoms with Crippen LogP contribution in [0, 0.1) is 18.3 Å². The molecule has 0 bridgehead atoms. The Labute approximate surface area is 190 Å². The van der Waals surface area contributed by atoms with Crippen molar-refractivity contribution < 1.29 is 4.79 Å². The first-order valence-electron chi connectivity index (χ1n) is 10.7. The molecule has 0 saturated heterocycles. The molecule has 1 aliphatic heterocycles. The molecule has 2 aromatic carbocycles. The third kappa shape index (κ3) is 4.78. The van der Waals surface area contributed by atoms with Crippen molar-refractivity contribution in [2.45, 2.75) is 65.5 Å². The van der Waals surface area contributed by atoms with Gasteiger partial charge in [-0.15, -0.1) is 0 Å². The maximum atomic E-state index is 12.7. The molecule has 2 aromatic rings. The van der Waals surface area contributed by atoms with Gasteiger partial charge in [-0.05, 0) is 94.0 Å². The van der Waals surface area contributed by atoms with Crippen molar-refractivity contribution in [3.05, 3.63) is 63.7 Å². The summed E-state index contributed by atoms with van der Waals surface area (Å²) in [6.07, 6.45) is 2.70. The molecule has 162 valence electrons. The number of nitrogens with zero attached hydrogens (tertiary/aromatic N) is 2. The average molecular weight is 436 g/mol. The molecule has 0 aliphatic carbocycles. The minimum absolute atomic E-state index is 0.0591. The molecule has 1 unspecified atom stereocenters. The summed E-state index contributed by atoms with van der Waals surface area (Å²) >= 11 is 6.04. The van der Waals surface area contributed by atoms with Gasteiger partial charge in [0, 0.05) is 28.0 Å². The Kier molecular flexibility index (Phi) is 6.48. The molecule has 1 N–H and O–H groups in total. The third-order valence-electron chi connectivity index (χ3n) is 5.94.